The van der Waals surface area contributed by atoms with Crippen LogP contribution in [-0.4, -0.2) is 19.2 Å². The second-order valence-electron chi connectivity index (χ2n) is 3.79. The molecule has 0 radical (unpaired) electrons. The van der Waals surface area contributed by atoms with Crippen LogP contribution in [0.25, 0.3) is 0 Å². The summed E-state index contributed by atoms with van der Waals surface area (Å²) in [7, 11) is 0. The Balaban J connectivity index is 2.18. The number of rotatable bonds is 2. The Kier molecular flexibility index (Phi) is 2.75. The minimum Gasteiger partial charge on any atom is -0.497 e. The molecule has 1 aliphatic heterocycles. The fraction of sp³-hybridized carbons (Fsp3) is 0.727. The first-order valence-corrected chi connectivity index (χ1v) is 5.36. The molecule has 1 unspecified atom stereocenters. The van der Waals surface area contributed by atoms with E-state index in [1.165, 1.54) is 0 Å². The summed E-state index contributed by atoms with van der Waals surface area (Å²) in [6.45, 7) is 3.04. The van der Waals surface area contributed by atoms with Crippen LogP contribution in [-0.2, 0) is 14.3 Å². The number of hydrogen-bond donors (Lipinski definition) is 0. The number of carbonyl (C=O) groups excluding carboxylic acids is 1. The van der Waals surface area contributed by atoms with Gasteiger partial charge < -0.3 is 9.47 Å². The second kappa shape index (κ2) is 4.03. The van der Waals surface area contributed by atoms with Gasteiger partial charge in [-0.2, -0.15) is 0 Å². The monoisotopic (exact) mass is 196 g/mol. The summed E-state index contributed by atoms with van der Waals surface area (Å²) >= 11 is 0. The van der Waals surface area contributed by atoms with Crippen LogP contribution in [0, 0.1) is 5.92 Å². The molecule has 0 bridgehead atoms. The SMILES string of the molecule is CCOC(=O)C1=C2OCCC2CCC1. The fourth-order valence-electron chi connectivity index (χ4n) is 2.24. The highest BCUT2D eigenvalue weighted by Gasteiger charge is 2.32. The van der Waals surface area contributed by atoms with Crippen molar-refractivity contribution in [3.8, 4) is 0 Å². The summed E-state index contributed by atoms with van der Waals surface area (Å²) in [5.74, 6) is 1.24. The second-order valence-corrected chi connectivity index (χ2v) is 3.79. The molecule has 0 amide bonds. The minimum atomic E-state index is -0.172. The van der Waals surface area contributed by atoms with Crippen molar-refractivity contribution in [3.05, 3.63) is 11.3 Å². The summed E-state index contributed by atoms with van der Waals surface area (Å²) in [5.41, 5.74) is 0.792. The first-order chi connectivity index (χ1) is 6.83. The molecule has 0 aromatic rings. The maximum atomic E-state index is 11.6. The van der Waals surface area contributed by atoms with E-state index < -0.39 is 0 Å². The largest absolute Gasteiger partial charge is 0.497 e. The molecule has 0 saturated carbocycles. The molecule has 0 aromatic carbocycles. The Bertz CT molecular complexity index is 268. The van der Waals surface area contributed by atoms with Gasteiger partial charge >= 0.3 is 5.97 Å². The molecular formula is C11H16O3. The molecule has 14 heavy (non-hydrogen) atoms. The predicted octanol–water partition coefficient (Wildman–Crippen LogP) is 2.02. The van der Waals surface area contributed by atoms with Crippen molar-refractivity contribution in [1.29, 1.82) is 0 Å². The molecule has 3 heteroatoms. The molecule has 0 aromatic heterocycles. The fourth-order valence-corrected chi connectivity index (χ4v) is 2.24. The van der Waals surface area contributed by atoms with Gasteiger partial charge in [0.15, 0.2) is 0 Å². The summed E-state index contributed by atoms with van der Waals surface area (Å²) in [6, 6.07) is 0. The third-order valence-electron chi connectivity index (χ3n) is 2.89. The van der Waals surface area contributed by atoms with Crippen molar-refractivity contribution in [2.75, 3.05) is 13.2 Å². The zero-order chi connectivity index (χ0) is 9.97. The Morgan fingerprint density at radius 1 is 1.57 bits per heavy atom. The number of ether oxygens (including phenoxy) is 2. The van der Waals surface area contributed by atoms with Gasteiger partial charge in [-0.3, -0.25) is 0 Å². The Morgan fingerprint density at radius 2 is 2.43 bits per heavy atom. The Hall–Kier alpha value is -0.990. The van der Waals surface area contributed by atoms with Crippen molar-refractivity contribution in [2.45, 2.75) is 32.6 Å². The highest BCUT2D eigenvalue weighted by Crippen LogP contribution is 2.37. The molecule has 1 heterocycles. The zero-order valence-electron chi connectivity index (χ0n) is 8.54. The normalized spacial score (nSPS) is 25.6. The molecule has 0 spiro atoms. The standard InChI is InChI=1S/C11H16O3/c1-2-13-11(12)9-5-3-4-8-6-7-14-10(8)9/h8H,2-7H2,1H3. The van der Waals surface area contributed by atoms with E-state index in [2.05, 4.69) is 0 Å². The highest BCUT2D eigenvalue weighted by molar-refractivity contribution is 5.89. The van der Waals surface area contributed by atoms with Crippen molar-refractivity contribution in [2.24, 2.45) is 5.92 Å². The van der Waals surface area contributed by atoms with Crippen LogP contribution in [0.2, 0.25) is 0 Å². The van der Waals surface area contributed by atoms with Gasteiger partial charge in [0.1, 0.15) is 5.76 Å². The first-order valence-electron chi connectivity index (χ1n) is 5.36. The van der Waals surface area contributed by atoms with E-state index in [-0.39, 0.29) is 5.97 Å². The van der Waals surface area contributed by atoms with Gasteiger partial charge in [-0.05, 0) is 32.6 Å². The molecule has 1 saturated heterocycles. The van der Waals surface area contributed by atoms with E-state index in [0.717, 1.165) is 43.6 Å². The lowest BCUT2D eigenvalue weighted by Crippen LogP contribution is -2.16. The average Bonchev–Trinajstić information content (AvgIpc) is 2.65. The van der Waals surface area contributed by atoms with Gasteiger partial charge in [-0.25, -0.2) is 4.79 Å². The van der Waals surface area contributed by atoms with Crippen molar-refractivity contribution in [3.63, 3.8) is 0 Å². The number of allylic oxidation sites excluding steroid dienone is 1. The summed E-state index contributed by atoms with van der Waals surface area (Å²) in [4.78, 5) is 11.6. The van der Waals surface area contributed by atoms with E-state index in [4.69, 9.17) is 9.47 Å². The number of fused-ring (bicyclic) bond motifs is 1. The van der Waals surface area contributed by atoms with Crippen LogP contribution in [0.4, 0.5) is 0 Å². The minimum absolute atomic E-state index is 0.172. The van der Waals surface area contributed by atoms with Crippen LogP contribution < -0.4 is 0 Å². The molecule has 2 rings (SSSR count). The summed E-state index contributed by atoms with van der Waals surface area (Å²) in [6.07, 6.45) is 4.15. The number of hydrogen-bond acceptors (Lipinski definition) is 3. The van der Waals surface area contributed by atoms with Crippen molar-refractivity contribution >= 4 is 5.97 Å². The van der Waals surface area contributed by atoms with Crippen LogP contribution in [0.5, 0.6) is 0 Å². The van der Waals surface area contributed by atoms with Crippen LogP contribution in [0.1, 0.15) is 32.6 Å². The van der Waals surface area contributed by atoms with Gasteiger partial charge in [0, 0.05) is 5.92 Å². The average molecular weight is 196 g/mol. The van der Waals surface area contributed by atoms with Gasteiger partial charge in [0.05, 0.1) is 18.8 Å². The van der Waals surface area contributed by atoms with E-state index in [9.17, 15) is 4.79 Å². The van der Waals surface area contributed by atoms with Crippen molar-refractivity contribution in [1.82, 2.24) is 0 Å². The van der Waals surface area contributed by atoms with Gasteiger partial charge in [0.2, 0.25) is 0 Å². The molecule has 1 fully saturated rings. The number of esters is 1. The Morgan fingerprint density at radius 3 is 3.21 bits per heavy atom. The molecular weight excluding hydrogens is 180 g/mol. The number of carbonyl (C=O) groups is 1. The lowest BCUT2D eigenvalue weighted by molar-refractivity contribution is -0.139. The topological polar surface area (TPSA) is 35.5 Å². The van der Waals surface area contributed by atoms with Gasteiger partial charge in [-0.15, -0.1) is 0 Å². The molecule has 0 N–H and O–H groups in total. The molecule has 3 nitrogen and oxygen atoms in total. The molecule has 78 valence electrons. The zero-order valence-corrected chi connectivity index (χ0v) is 8.54. The van der Waals surface area contributed by atoms with Gasteiger partial charge in [-0.1, -0.05) is 0 Å². The van der Waals surface area contributed by atoms with Crippen LogP contribution in [0.15, 0.2) is 11.3 Å². The van der Waals surface area contributed by atoms with E-state index in [1.807, 2.05) is 6.92 Å². The Labute approximate surface area is 84.1 Å². The van der Waals surface area contributed by atoms with E-state index >= 15 is 0 Å². The smallest absolute Gasteiger partial charge is 0.337 e. The highest BCUT2D eigenvalue weighted by atomic mass is 16.5. The third kappa shape index (κ3) is 1.63. The van der Waals surface area contributed by atoms with Gasteiger partial charge in [0.25, 0.3) is 0 Å². The summed E-state index contributed by atoms with van der Waals surface area (Å²) in [5, 5.41) is 0. The van der Waals surface area contributed by atoms with E-state index in [1.54, 1.807) is 0 Å². The lowest BCUT2D eigenvalue weighted by atomic mass is 9.88. The maximum Gasteiger partial charge on any atom is 0.337 e. The van der Waals surface area contributed by atoms with Crippen LogP contribution in [0.3, 0.4) is 0 Å². The molecule has 2 aliphatic rings. The maximum absolute atomic E-state index is 11.6. The summed E-state index contributed by atoms with van der Waals surface area (Å²) < 4.78 is 10.5. The first kappa shape index (κ1) is 9.56. The van der Waals surface area contributed by atoms with Crippen molar-refractivity contribution < 1.29 is 14.3 Å². The lowest BCUT2D eigenvalue weighted by Gasteiger charge is -2.20. The van der Waals surface area contributed by atoms with Crippen LogP contribution >= 0.6 is 0 Å². The third-order valence-corrected chi connectivity index (χ3v) is 2.89. The quantitative estimate of drug-likeness (QED) is 0.634. The molecule has 1 aliphatic carbocycles. The van der Waals surface area contributed by atoms with E-state index in [0.29, 0.717) is 12.5 Å². The predicted molar refractivity (Wildman–Crippen MR) is 51.6 cm³/mol. The molecule has 1 atom stereocenters.